The lowest BCUT2D eigenvalue weighted by Gasteiger charge is -2.28. The van der Waals surface area contributed by atoms with Crippen LogP contribution in [0.5, 0.6) is 0 Å². The average molecular weight is 240 g/mol. The molecule has 0 radical (unpaired) electrons. The van der Waals surface area contributed by atoms with Crippen molar-refractivity contribution in [3.63, 3.8) is 0 Å². The zero-order chi connectivity index (χ0) is 11.6. The van der Waals surface area contributed by atoms with Crippen LogP contribution in [-0.2, 0) is 17.6 Å². The van der Waals surface area contributed by atoms with Gasteiger partial charge in [-0.1, -0.05) is 6.92 Å². The maximum absolute atomic E-state index is 10.2. The smallest absolute Gasteiger partial charge is 0.0916 e. The van der Waals surface area contributed by atoms with Gasteiger partial charge in [-0.2, -0.15) is 0 Å². The predicted octanol–water partition coefficient (Wildman–Crippen LogP) is 2.78. The summed E-state index contributed by atoms with van der Waals surface area (Å²) in [6.07, 6.45) is 3.46. The van der Waals surface area contributed by atoms with Crippen LogP contribution in [0.25, 0.3) is 0 Å². The summed E-state index contributed by atoms with van der Waals surface area (Å²) in [7, 11) is 0. The molecule has 0 amide bonds. The van der Waals surface area contributed by atoms with Crippen molar-refractivity contribution in [3.05, 3.63) is 21.9 Å². The van der Waals surface area contributed by atoms with Crippen LogP contribution in [0.3, 0.4) is 0 Å². The molecule has 1 saturated heterocycles. The van der Waals surface area contributed by atoms with Crippen LogP contribution in [0.15, 0.2) is 12.1 Å². The molecule has 1 fully saturated rings. The third-order valence-corrected chi connectivity index (χ3v) is 4.67. The third-order valence-electron chi connectivity index (χ3n) is 3.41. The summed E-state index contributed by atoms with van der Waals surface area (Å²) in [6, 6.07) is 4.29. The van der Waals surface area contributed by atoms with Crippen molar-refractivity contribution in [1.82, 2.24) is 0 Å². The minimum atomic E-state index is -0.377. The summed E-state index contributed by atoms with van der Waals surface area (Å²) in [4.78, 5) is 2.65. The molecule has 0 aliphatic carbocycles. The minimum Gasteiger partial charge on any atom is -0.390 e. The number of hydrogen-bond acceptors (Lipinski definition) is 3. The van der Waals surface area contributed by atoms with Gasteiger partial charge in [0.25, 0.3) is 0 Å². The van der Waals surface area contributed by atoms with E-state index in [4.69, 9.17) is 4.74 Å². The van der Waals surface area contributed by atoms with Gasteiger partial charge in [0.2, 0.25) is 0 Å². The highest BCUT2D eigenvalue weighted by molar-refractivity contribution is 7.11. The van der Waals surface area contributed by atoms with Gasteiger partial charge in [0.05, 0.1) is 11.7 Å². The van der Waals surface area contributed by atoms with E-state index in [0.29, 0.717) is 0 Å². The van der Waals surface area contributed by atoms with Gasteiger partial charge in [0.1, 0.15) is 0 Å². The number of ether oxygens (including phenoxy) is 1. The maximum Gasteiger partial charge on any atom is 0.0916 e. The van der Waals surface area contributed by atoms with Crippen molar-refractivity contribution in [2.45, 2.75) is 51.2 Å². The van der Waals surface area contributed by atoms with Crippen LogP contribution >= 0.6 is 11.3 Å². The van der Waals surface area contributed by atoms with Gasteiger partial charge in [-0.05, 0) is 38.3 Å². The van der Waals surface area contributed by atoms with Crippen LogP contribution in [0.2, 0.25) is 0 Å². The van der Waals surface area contributed by atoms with Gasteiger partial charge < -0.3 is 9.84 Å². The van der Waals surface area contributed by atoms with Crippen molar-refractivity contribution in [3.8, 4) is 0 Å². The van der Waals surface area contributed by atoms with Crippen LogP contribution < -0.4 is 0 Å². The van der Waals surface area contributed by atoms with Crippen molar-refractivity contribution in [2.24, 2.45) is 0 Å². The molecule has 0 bridgehead atoms. The van der Waals surface area contributed by atoms with E-state index in [0.717, 1.165) is 32.3 Å². The van der Waals surface area contributed by atoms with E-state index in [1.54, 1.807) is 11.3 Å². The van der Waals surface area contributed by atoms with E-state index in [2.05, 4.69) is 19.1 Å². The molecular formula is C13H20O2S. The molecule has 2 rings (SSSR count). The van der Waals surface area contributed by atoms with Gasteiger partial charge >= 0.3 is 0 Å². The van der Waals surface area contributed by atoms with E-state index in [1.807, 2.05) is 6.92 Å². The molecule has 2 heterocycles. The number of rotatable bonds is 4. The third kappa shape index (κ3) is 2.47. The standard InChI is InChI=1S/C13H20O2S/c1-3-10-5-6-11(16-10)9-12(14)13(2)7-4-8-15-13/h5-6,12,14H,3-4,7-9H2,1-2H3. The van der Waals surface area contributed by atoms with Crippen LogP contribution in [0.1, 0.15) is 36.4 Å². The summed E-state index contributed by atoms with van der Waals surface area (Å²) >= 11 is 1.80. The first-order valence-corrected chi connectivity index (χ1v) is 6.85. The molecule has 0 aromatic carbocycles. The number of aliphatic hydroxyl groups excluding tert-OH is 1. The Balaban J connectivity index is 1.98. The second-order valence-electron chi connectivity index (χ2n) is 4.71. The Morgan fingerprint density at radius 1 is 1.50 bits per heavy atom. The SMILES string of the molecule is CCc1ccc(CC(O)C2(C)CCCO2)s1. The quantitative estimate of drug-likeness (QED) is 0.877. The van der Waals surface area contributed by atoms with E-state index >= 15 is 0 Å². The lowest BCUT2D eigenvalue weighted by molar-refractivity contribution is -0.0765. The molecule has 0 spiro atoms. The monoisotopic (exact) mass is 240 g/mol. The second kappa shape index (κ2) is 4.86. The van der Waals surface area contributed by atoms with Gasteiger partial charge in [-0.25, -0.2) is 0 Å². The molecule has 0 saturated carbocycles. The van der Waals surface area contributed by atoms with Crippen LogP contribution in [0.4, 0.5) is 0 Å². The summed E-state index contributed by atoms with van der Waals surface area (Å²) in [5.74, 6) is 0. The molecule has 1 aliphatic rings. The van der Waals surface area contributed by atoms with Gasteiger partial charge in [0.15, 0.2) is 0 Å². The van der Waals surface area contributed by atoms with Gasteiger partial charge in [-0.3, -0.25) is 0 Å². The van der Waals surface area contributed by atoms with Gasteiger partial charge in [-0.15, -0.1) is 11.3 Å². The highest BCUT2D eigenvalue weighted by Gasteiger charge is 2.37. The summed E-state index contributed by atoms with van der Waals surface area (Å²) in [5.41, 5.74) is -0.323. The largest absolute Gasteiger partial charge is 0.390 e. The second-order valence-corrected chi connectivity index (χ2v) is 5.96. The molecule has 1 aromatic heterocycles. The zero-order valence-electron chi connectivity index (χ0n) is 10.0. The topological polar surface area (TPSA) is 29.5 Å². The Bertz CT molecular complexity index is 339. The van der Waals surface area contributed by atoms with E-state index < -0.39 is 0 Å². The predicted molar refractivity (Wildman–Crippen MR) is 67.0 cm³/mol. The zero-order valence-corrected chi connectivity index (χ0v) is 10.8. The highest BCUT2D eigenvalue weighted by Crippen LogP contribution is 2.31. The minimum absolute atomic E-state index is 0.323. The molecule has 16 heavy (non-hydrogen) atoms. The first kappa shape index (κ1) is 12.1. The molecule has 2 nitrogen and oxygen atoms in total. The van der Waals surface area contributed by atoms with E-state index in [-0.39, 0.29) is 11.7 Å². The highest BCUT2D eigenvalue weighted by atomic mass is 32.1. The lowest BCUT2D eigenvalue weighted by atomic mass is 9.93. The van der Waals surface area contributed by atoms with Crippen molar-refractivity contribution in [2.75, 3.05) is 6.61 Å². The molecule has 90 valence electrons. The summed E-state index contributed by atoms with van der Waals surface area (Å²) < 4.78 is 5.66. The Hall–Kier alpha value is -0.380. The number of hydrogen-bond donors (Lipinski definition) is 1. The lowest BCUT2D eigenvalue weighted by Crippen LogP contribution is -2.39. The van der Waals surface area contributed by atoms with Crippen molar-refractivity contribution >= 4 is 11.3 Å². The summed E-state index contributed by atoms with van der Waals surface area (Å²) in [6.45, 7) is 4.98. The van der Waals surface area contributed by atoms with Crippen molar-refractivity contribution in [1.29, 1.82) is 0 Å². The molecular weight excluding hydrogens is 220 g/mol. The van der Waals surface area contributed by atoms with E-state index in [9.17, 15) is 5.11 Å². The average Bonchev–Trinajstić information content (AvgIpc) is 2.88. The normalized spacial score (nSPS) is 27.2. The van der Waals surface area contributed by atoms with Crippen LogP contribution in [0, 0.1) is 0 Å². The fourth-order valence-electron chi connectivity index (χ4n) is 2.19. The molecule has 1 aromatic rings. The number of aliphatic hydroxyl groups is 1. The van der Waals surface area contributed by atoms with Crippen LogP contribution in [-0.4, -0.2) is 23.4 Å². The number of aryl methyl sites for hydroxylation is 1. The molecule has 2 atom stereocenters. The molecule has 1 aliphatic heterocycles. The fraction of sp³-hybridized carbons (Fsp3) is 0.692. The molecule has 1 N–H and O–H groups in total. The number of thiophene rings is 1. The molecule has 3 heteroatoms. The Labute approximate surface area is 101 Å². The fourth-order valence-corrected chi connectivity index (χ4v) is 3.19. The Kier molecular flexibility index (Phi) is 3.67. The first-order valence-electron chi connectivity index (χ1n) is 6.03. The van der Waals surface area contributed by atoms with Crippen molar-refractivity contribution < 1.29 is 9.84 Å². The Morgan fingerprint density at radius 3 is 2.81 bits per heavy atom. The van der Waals surface area contributed by atoms with Gasteiger partial charge in [0, 0.05) is 22.8 Å². The maximum atomic E-state index is 10.2. The Morgan fingerprint density at radius 2 is 2.25 bits per heavy atom. The molecule has 2 unspecified atom stereocenters. The van der Waals surface area contributed by atoms with E-state index in [1.165, 1.54) is 9.75 Å². The first-order chi connectivity index (χ1) is 7.64. The summed E-state index contributed by atoms with van der Waals surface area (Å²) in [5, 5.41) is 10.2.